The Balaban J connectivity index is 2.44. The van der Waals surface area contributed by atoms with Crippen LogP contribution in [-0.2, 0) is 4.79 Å². The van der Waals surface area contributed by atoms with Crippen LogP contribution in [0.3, 0.4) is 0 Å². The van der Waals surface area contributed by atoms with E-state index in [0.717, 1.165) is 6.42 Å². The third-order valence-electron chi connectivity index (χ3n) is 3.35. The molecule has 1 unspecified atom stereocenters. The molecule has 0 aliphatic carbocycles. The van der Waals surface area contributed by atoms with Gasteiger partial charge in [-0.15, -0.1) is 0 Å². The van der Waals surface area contributed by atoms with E-state index in [1.165, 1.54) is 4.90 Å². The lowest BCUT2D eigenvalue weighted by molar-refractivity contribution is -0.146. The fourth-order valence-electron chi connectivity index (χ4n) is 2.39. The van der Waals surface area contributed by atoms with Crippen LogP contribution >= 0.6 is 0 Å². The molecule has 0 bridgehead atoms. The summed E-state index contributed by atoms with van der Waals surface area (Å²) in [5, 5.41) is 0. The van der Waals surface area contributed by atoms with Crippen LogP contribution < -0.4 is 5.73 Å². The molecule has 1 fully saturated rings. The van der Waals surface area contributed by atoms with E-state index in [1.807, 2.05) is 0 Å². The van der Waals surface area contributed by atoms with Gasteiger partial charge >= 0.3 is 6.18 Å². The molecule has 4 nitrogen and oxygen atoms in total. The zero-order valence-electron chi connectivity index (χ0n) is 11.4. The van der Waals surface area contributed by atoms with E-state index in [0.29, 0.717) is 26.2 Å². The molecule has 1 heterocycles. The summed E-state index contributed by atoms with van der Waals surface area (Å²) in [5.74, 6) is -0.0219. The van der Waals surface area contributed by atoms with Crippen molar-refractivity contribution in [1.29, 1.82) is 0 Å². The first-order chi connectivity index (χ1) is 8.73. The van der Waals surface area contributed by atoms with Crippen molar-refractivity contribution in [3.8, 4) is 0 Å². The van der Waals surface area contributed by atoms with Crippen LogP contribution in [0.2, 0.25) is 0 Å². The van der Waals surface area contributed by atoms with Gasteiger partial charge in [-0.05, 0) is 25.8 Å². The highest BCUT2D eigenvalue weighted by Gasteiger charge is 2.33. The van der Waals surface area contributed by atoms with Crippen LogP contribution in [0.25, 0.3) is 0 Å². The molecule has 1 aliphatic heterocycles. The molecule has 0 spiro atoms. The van der Waals surface area contributed by atoms with Crippen molar-refractivity contribution < 1.29 is 18.0 Å². The predicted molar refractivity (Wildman–Crippen MR) is 66.5 cm³/mol. The first kappa shape index (κ1) is 16.2. The lowest BCUT2D eigenvalue weighted by atomic mass is 10.1. The summed E-state index contributed by atoms with van der Waals surface area (Å²) in [6, 6.07) is -0.545. The topological polar surface area (TPSA) is 49.6 Å². The van der Waals surface area contributed by atoms with Gasteiger partial charge in [0.05, 0.1) is 12.6 Å². The second-order valence-corrected chi connectivity index (χ2v) is 5.17. The molecule has 2 atom stereocenters. The van der Waals surface area contributed by atoms with E-state index in [1.54, 1.807) is 18.7 Å². The van der Waals surface area contributed by atoms with Gasteiger partial charge < -0.3 is 10.6 Å². The third-order valence-corrected chi connectivity index (χ3v) is 3.35. The van der Waals surface area contributed by atoms with Gasteiger partial charge in [-0.1, -0.05) is 6.92 Å². The molecule has 0 aromatic rings. The highest BCUT2D eigenvalue weighted by Crippen LogP contribution is 2.21. The Morgan fingerprint density at radius 1 is 1.53 bits per heavy atom. The molecule has 2 N–H and O–H groups in total. The van der Waals surface area contributed by atoms with Crippen LogP contribution in [0.5, 0.6) is 0 Å². The number of amides is 1. The Hall–Kier alpha value is -0.820. The summed E-state index contributed by atoms with van der Waals surface area (Å²) in [6.45, 7) is 4.28. The van der Waals surface area contributed by atoms with E-state index >= 15 is 0 Å². The molecule has 19 heavy (non-hydrogen) atoms. The Kier molecular flexibility index (Phi) is 5.61. The lowest BCUT2D eigenvalue weighted by Crippen LogP contribution is -2.42. The van der Waals surface area contributed by atoms with E-state index in [2.05, 4.69) is 0 Å². The maximum absolute atomic E-state index is 12.4. The van der Waals surface area contributed by atoms with E-state index in [9.17, 15) is 18.0 Å². The van der Waals surface area contributed by atoms with Crippen molar-refractivity contribution >= 4 is 5.91 Å². The number of carbonyl (C=O) groups is 1. The molecule has 0 saturated carbocycles. The molecule has 0 aromatic heterocycles. The molecule has 1 rings (SSSR count). The fourth-order valence-corrected chi connectivity index (χ4v) is 2.39. The minimum atomic E-state index is -4.17. The van der Waals surface area contributed by atoms with Crippen LogP contribution in [0.15, 0.2) is 0 Å². The number of nitrogens with zero attached hydrogens (tertiary/aromatic N) is 2. The quantitative estimate of drug-likeness (QED) is 0.820. The number of nitrogens with two attached hydrogens (primary N) is 1. The largest absolute Gasteiger partial charge is 0.401 e. The van der Waals surface area contributed by atoms with Crippen molar-refractivity contribution in [3.05, 3.63) is 0 Å². The van der Waals surface area contributed by atoms with Gasteiger partial charge in [0.25, 0.3) is 0 Å². The smallest absolute Gasteiger partial charge is 0.341 e. The molecule has 0 aromatic carbocycles. The van der Waals surface area contributed by atoms with Crippen LogP contribution in [0.4, 0.5) is 13.2 Å². The van der Waals surface area contributed by atoms with Gasteiger partial charge in [0.2, 0.25) is 5.91 Å². The third kappa shape index (κ3) is 5.36. The SMILES string of the molecule is CCN(CC1CCN(C(=O)[C@@H](C)N)C1)CC(F)(F)F. The van der Waals surface area contributed by atoms with Gasteiger partial charge in [0, 0.05) is 19.6 Å². The number of rotatable bonds is 5. The number of halogens is 3. The van der Waals surface area contributed by atoms with Crippen molar-refractivity contribution in [2.24, 2.45) is 11.7 Å². The van der Waals surface area contributed by atoms with Gasteiger partial charge in [-0.25, -0.2) is 0 Å². The lowest BCUT2D eigenvalue weighted by Gasteiger charge is -2.25. The normalized spacial score (nSPS) is 22.1. The monoisotopic (exact) mass is 281 g/mol. The highest BCUT2D eigenvalue weighted by molar-refractivity contribution is 5.81. The average Bonchev–Trinajstić information content (AvgIpc) is 2.73. The summed E-state index contributed by atoms with van der Waals surface area (Å²) in [4.78, 5) is 14.7. The summed E-state index contributed by atoms with van der Waals surface area (Å²) < 4.78 is 37.1. The first-order valence-electron chi connectivity index (χ1n) is 6.56. The van der Waals surface area contributed by atoms with Gasteiger partial charge in [0.1, 0.15) is 0 Å². The standard InChI is InChI=1S/C12H22F3N3O/c1-3-17(8-12(13,14)15)6-10-4-5-18(7-10)11(19)9(2)16/h9-10H,3-8,16H2,1-2H3/t9-,10?/m1/s1. The molecule has 1 saturated heterocycles. The molecular formula is C12H22F3N3O. The van der Waals surface area contributed by atoms with E-state index in [-0.39, 0.29) is 11.8 Å². The van der Waals surface area contributed by atoms with Crippen molar-refractivity contribution in [3.63, 3.8) is 0 Å². The summed E-state index contributed by atoms with van der Waals surface area (Å²) in [5.41, 5.74) is 5.52. The second kappa shape index (κ2) is 6.56. The molecule has 1 amide bonds. The number of carbonyl (C=O) groups excluding carboxylic acids is 1. The Bertz CT molecular complexity index is 307. The maximum Gasteiger partial charge on any atom is 0.401 e. The van der Waals surface area contributed by atoms with Crippen LogP contribution in [-0.4, -0.2) is 60.6 Å². The Morgan fingerprint density at radius 3 is 2.63 bits per heavy atom. The molecule has 0 radical (unpaired) electrons. The van der Waals surface area contributed by atoms with Gasteiger partial charge in [-0.2, -0.15) is 13.2 Å². The number of hydrogen-bond donors (Lipinski definition) is 1. The van der Waals surface area contributed by atoms with E-state index in [4.69, 9.17) is 5.73 Å². The van der Waals surface area contributed by atoms with Crippen LogP contribution in [0, 0.1) is 5.92 Å². The van der Waals surface area contributed by atoms with Crippen molar-refractivity contribution in [2.45, 2.75) is 32.5 Å². The first-order valence-corrected chi connectivity index (χ1v) is 6.56. The predicted octanol–water partition coefficient (Wildman–Crippen LogP) is 1.07. The second-order valence-electron chi connectivity index (χ2n) is 5.17. The zero-order chi connectivity index (χ0) is 14.6. The maximum atomic E-state index is 12.4. The summed E-state index contributed by atoms with van der Waals surface area (Å²) >= 11 is 0. The number of alkyl halides is 3. The molecule has 1 aliphatic rings. The van der Waals surface area contributed by atoms with E-state index < -0.39 is 18.8 Å². The summed E-state index contributed by atoms with van der Waals surface area (Å²) in [7, 11) is 0. The average molecular weight is 281 g/mol. The van der Waals surface area contributed by atoms with Gasteiger partial charge in [0.15, 0.2) is 0 Å². The minimum absolute atomic E-state index is 0.102. The van der Waals surface area contributed by atoms with Gasteiger partial charge in [-0.3, -0.25) is 9.69 Å². The zero-order valence-corrected chi connectivity index (χ0v) is 11.4. The Labute approximate surface area is 111 Å². The van der Waals surface area contributed by atoms with Crippen molar-refractivity contribution in [1.82, 2.24) is 9.80 Å². The molecule has 112 valence electrons. The Morgan fingerprint density at radius 2 is 2.16 bits per heavy atom. The highest BCUT2D eigenvalue weighted by atomic mass is 19.4. The molecule has 7 heteroatoms. The number of hydrogen-bond acceptors (Lipinski definition) is 3. The fraction of sp³-hybridized carbons (Fsp3) is 0.917. The molecular weight excluding hydrogens is 259 g/mol. The summed E-state index contributed by atoms with van der Waals surface area (Å²) in [6.07, 6.45) is -3.43. The number of likely N-dealkylation sites (tertiary alicyclic amines) is 1. The van der Waals surface area contributed by atoms with Crippen molar-refractivity contribution in [2.75, 3.05) is 32.7 Å². The van der Waals surface area contributed by atoms with Crippen LogP contribution in [0.1, 0.15) is 20.3 Å². The minimum Gasteiger partial charge on any atom is -0.341 e.